The van der Waals surface area contributed by atoms with Crippen molar-refractivity contribution in [2.75, 3.05) is 20.2 Å². The Bertz CT molecular complexity index is 676. The minimum absolute atomic E-state index is 0.0246. The zero-order valence-corrected chi connectivity index (χ0v) is 13.2. The van der Waals surface area contributed by atoms with Crippen LogP contribution in [-0.4, -0.2) is 31.0 Å². The predicted octanol–water partition coefficient (Wildman–Crippen LogP) is 3.85. The standard InChI is InChI=1S/C19H20FNO2/c1-23-18-5-3-2-4-17(18)14-10-12-21(13-11-14)19(22)15-6-8-16(20)9-7-15/h2-9,14H,10-13H2,1H3. The normalized spacial score (nSPS) is 15.5. The maximum atomic E-state index is 13.0. The number of methoxy groups -OCH3 is 1. The third kappa shape index (κ3) is 3.36. The Balaban J connectivity index is 1.66. The zero-order valence-electron chi connectivity index (χ0n) is 13.2. The van der Waals surface area contributed by atoms with E-state index in [0.29, 0.717) is 24.6 Å². The van der Waals surface area contributed by atoms with Gasteiger partial charge in [0, 0.05) is 18.7 Å². The molecular formula is C19H20FNO2. The summed E-state index contributed by atoms with van der Waals surface area (Å²) in [5.41, 5.74) is 1.76. The minimum Gasteiger partial charge on any atom is -0.496 e. The molecule has 1 amide bonds. The fourth-order valence-electron chi connectivity index (χ4n) is 3.17. The molecule has 3 rings (SSSR count). The van der Waals surface area contributed by atoms with Gasteiger partial charge in [-0.2, -0.15) is 0 Å². The van der Waals surface area contributed by atoms with Gasteiger partial charge in [-0.05, 0) is 54.7 Å². The van der Waals surface area contributed by atoms with Crippen LogP contribution in [0.4, 0.5) is 4.39 Å². The van der Waals surface area contributed by atoms with E-state index in [9.17, 15) is 9.18 Å². The van der Waals surface area contributed by atoms with Crippen LogP contribution in [-0.2, 0) is 0 Å². The van der Waals surface area contributed by atoms with Crippen molar-refractivity contribution in [3.05, 3.63) is 65.5 Å². The molecule has 1 aliphatic rings. The molecule has 2 aromatic rings. The first kappa shape index (κ1) is 15.5. The van der Waals surface area contributed by atoms with Crippen molar-refractivity contribution in [1.29, 1.82) is 0 Å². The number of likely N-dealkylation sites (tertiary alicyclic amines) is 1. The summed E-state index contributed by atoms with van der Waals surface area (Å²) in [6, 6.07) is 13.8. The Labute approximate surface area is 135 Å². The Hall–Kier alpha value is -2.36. The molecule has 1 heterocycles. The van der Waals surface area contributed by atoms with E-state index >= 15 is 0 Å². The number of hydrogen-bond donors (Lipinski definition) is 0. The van der Waals surface area contributed by atoms with Crippen LogP contribution in [0.2, 0.25) is 0 Å². The van der Waals surface area contributed by atoms with Gasteiger partial charge in [-0.3, -0.25) is 4.79 Å². The third-order valence-electron chi connectivity index (χ3n) is 4.45. The number of halogens is 1. The Morgan fingerprint density at radius 2 is 1.74 bits per heavy atom. The Kier molecular flexibility index (Phi) is 4.60. The van der Waals surface area contributed by atoms with Gasteiger partial charge in [-0.25, -0.2) is 4.39 Å². The SMILES string of the molecule is COc1ccccc1C1CCN(C(=O)c2ccc(F)cc2)CC1. The number of benzene rings is 2. The fraction of sp³-hybridized carbons (Fsp3) is 0.316. The summed E-state index contributed by atoms with van der Waals surface area (Å²) in [5, 5.41) is 0. The van der Waals surface area contributed by atoms with E-state index in [1.807, 2.05) is 23.1 Å². The van der Waals surface area contributed by atoms with E-state index in [-0.39, 0.29) is 11.7 Å². The predicted molar refractivity (Wildman–Crippen MR) is 87.3 cm³/mol. The highest BCUT2D eigenvalue weighted by atomic mass is 19.1. The number of piperidine rings is 1. The maximum Gasteiger partial charge on any atom is 0.253 e. The van der Waals surface area contributed by atoms with E-state index in [2.05, 4.69) is 6.07 Å². The van der Waals surface area contributed by atoms with Crippen molar-refractivity contribution >= 4 is 5.91 Å². The molecule has 0 bridgehead atoms. The molecule has 0 radical (unpaired) electrons. The van der Waals surface area contributed by atoms with Crippen molar-refractivity contribution in [2.24, 2.45) is 0 Å². The van der Waals surface area contributed by atoms with E-state index in [4.69, 9.17) is 4.74 Å². The van der Waals surface area contributed by atoms with Gasteiger partial charge >= 0.3 is 0 Å². The molecule has 3 nitrogen and oxygen atoms in total. The number of ether oxygens (including phenoxy) is 1. The molecule has 0 aliphatic carbocycles. The molecule has 1 saturated heterocycles. The van der Waals surface area contributed by atoms with Gasteiger partial charge in [0.2, 0.25) is 0 Å². The molecular weight excluding hydrogens is 293 g/mol. The second kappa shape index (κ2) is 6.82. The molecule has 0 unspecified atom stereocenters. The molecule has 0 atom stereocenters. The zero-order chi connectivity index (χ0) is 16.2. The summed E-state index contributed by atoms with van der Waals surface area (Å²) in [5.74, 6) is 0.971. The first-order valence-corrected chi connectivity index (χ1v) is 7.87. The van der Waals surface area contributed by atoms with Crippen LogP contribution < -0.4 is 4.74 Å². The number of rotatable bonds is 3. The molecule has 4 heteroatoms. The van der Waals surface area contributed by atoms with Crippen LogP contribution in [0.3, 0.4) is 0 Å². The monoisotopic (exact) mass is 313 g/mol. The number of carbonyl (C=O) groups excluding carboxylic acids is 1. The lowest BCUT2D eigenvalue weighted by molar-refractivity contribution is 0.0712. The number of para-hydroxylation sites is 1. The van der Waals surface area contributed by atoms with Gasteiger partial charge in [0.05, 0.1) is 7.11 Å². The lowest BCUT2D eigenvalue weighted by Gasteiger charge is -2.32. The van der Waals surface area contributed by atoms with Crippen molar-refractivity contribution in [3.63, 3.8) is 0 Å². The summed E-state index contributed by atoms with van der Waals surface area (Å²) in [6.07, 6.45) is 1.82. The molecule has 0 spiro atoms. The van der Waals surface area contributed by atoms with Crippen molar-refractivity contribution in [2.45, 2.75) is 18.8 Å². The van der Waals surface area contributed by atoms with E-state index < -0.39 is 0 Å². The first-order chi connectivity index (χ1) is 11.2. The average Bonchev–Trinajstić information content (AvgIpc) is 2.62. The smallest absolute Gasteiger partial charge is 0.253 e. The van der Waals surface area contributed by atoms with Crippen LogP contribution in [0.1, 0.15) is 34.7 Å². The molecule has 0 saturated carbocycles. The minimum atomic E-state index is -0.323. The van der Waals surface area contributed by atoms with Gasteiger partial charge in [-0.15, -0.1) is 0 Å². The second-order valence-electron chi connectivity index (χ2n) is 5.82. The lowest BCUT2D eigenvalue weighted by atomic mass is 9.88. The maximum absolute atomic E-state index is 13.0. The van der Waals surface area contributed by atoms with Crippen molar-refractivity contribution in [3.8, 4) is 5.75 Å². The number of amides is 1. The quantitative estimate of drug-likeness (QED) is 0.861. The third-order valence-corrected chi connectivity index (χ3v) is 4.45. The molecule has 1 aliphatic heterocycles. The fourth-order valence-corrected chi connectivity index (χ4v) is 3.17. The van der Waals surface area contributed by atoms with Crippen LogP contribution in [0.25, 0.3) is 0 Å². The van der Waals surface area contributed by atoms with E-state index in [0.717, 1.165) is 18.6 Å². The average molecular weight is 313 g/mol. The van der Waals surface area contributed by atoms with Gasteiger partial charge < -0.3 is 9.64 Å². The number of hydrogen-bond acceptors (Lipinski definition) is 2. The van der Waals surface area contributed by atoms with E-state index in [1.54, 1.807) is 19.2 Å². The van der Waals surface area contributed by atoms with Gasteiger partial charge in [0.1, 0.15) is 11.6 Å². The van der Waals surface area contributed by atoms with Gasteiger partial charge in [0.25, 0.3) is 5.91 Å². The summed E-state index contributed by atoms with van der Waals surface area (Å²) in [6.45, 7) is 1.41. The lowest BCUT2D eigenvalue weighted by Crippen LogP contribution is -2.38. The molecule has 2 aromatic carbocycles. The van der Waals surface area contributed by atoms with Crippen LogP contribution in [0, 0.1) is 5.82 Å². The van der Waals surface area contributed by atoms with Crippen molar-refractivity contribution in [1.82, 2.24) is 4.90 Å². The summed E-state index contributed by atoms with van der Waals surface area (Å²) < 4.78 is 18.4. The largest absolute Gasteiger partial charge is 0.496 e. The highest BCUT2D eigenvalue weighted by molar-refractivity contribution is 5.94. The molecule has 1 fully saturated rings. The van der Waals surface area contributed by atoms with Crippen molar-refractivity contribution < 1.29 is 13.9 Å². The highest BCUT2D eigenvalue weighted by Crippen LogP contribution is 2.34. The molecule has 23 heavy (non-hydrogen) atoms. The molecule has 120 valence electrons. The van der Waals surface area contributed by atoms with Gasteiger partial charge in [0.15, 0.2) is 0 Å². The summed E-state index contributed by atoms with van der Waals surface area (Å²) in [7, 11) is 1.69. The van der Waals surface area contributed by atoms with Crippen LogP contribution in [0.5, 0.6) is 5.75 Å². The number of carbonyl (C=O) groups is 1. The number of nitrogens with zero attached hydrogens (tertiary/aromatic N) is 1. The van der Waals surface area contributed by atoms with Gasteiger partial charge in [-0.1, -0.05) is 18.2 Å². The topological polar surface area (TPSA) is 29.5 Å². The van der Waals surface area contributed by atoms with E-state index in [1.165, 1.54) is 17.7 Å². The Morgan fingerprint density at radius 3 is 2.39 bits per heavy atom. The molecule has 0 aromatic heterocycles. The molecule has 0 N–H and O–H groups in total. The highest BCUT2D eigenvalue weighted by Gasteiger charge is 2.26. The summed E-state index contributed by atoms with van der Waals surface area (Å²) >= 11 is 0. The van der Waals surface area contributed by atoms with Crippen LogP contribution in [0.15, 0.2) is 48.5 Å². The Morgan fingerprint density at radius 1 is 1.09 bits per heavy atom. The van der Waals surface area contributed by atoms with Crippen LogP contribution >= 0.6 is 0 Å². The second-order valence-corrected chi connectivity index (χ2v) is 5.82. The summed E-state index contributed by atoms with van der Waals surface area (Å²) in [4.78, 5) is 14.3. The first-order valence-electron chi connectivity index (χ1n) is 7.87.